The maximum absolute atomic E-state index is 13.5. The molecule has 5 nitrogen and oxygen atoms in total. The first-order valence-corrected chi connectivity index (χ1v) is 6.10. The molecule has 0 heterocycles. The Bertz CT molecular complexity index is 746. The number of anilines is 1. The molecule has 2 rings (SSSR count). The average molecular weight is 307 g/mol. The van der Waals surface area contributed by atoms with Gasteiger partial charge in [0, 0.05) is 0 Å². The van der Waals surface area contributed by atoms with Gasteiger partial charge < -0.3 is 15.2 Å². The standard InChI is InChI=1S/C15H11F2NO4/c1-22-15(21)9-3-2-4-12(13(9)19)18-14(20)10-7-8(16)5-6-11(10)17/h2-7,19H,1H3,(H,18,20). The highest BCUT2D eigenvalue weighted by molar-refractivity contribution is 6.06. The molecule has 0 aliphatic carbocycles. The van der Waals surface area contributed by atoms with Crippen LogP contribution in [0.4, 0.5) is 14.5 Å². The van der Waals surface area contributed by atoms with Crippen LogP contribution in [0.25, 0.3) is 0 Å². The molecule has 0 unspecified atom stereocenters. The molecule has 0 aliphatic rings. The summed E-state index contributed by atoms with van der Waals surface area (Å²) >= 11 is 0. The number of nitrogens with one attached hydrogen (secondary N) is 1. The van der Waals surface area contributed by atoms with Crippen LogP contribution in [0.15, 0.2) is 36.4 Å². The number of phenolic OH excluding ortho intramolecular Hbond substituents is 1. The predicted octanol–water partition coefficient (Wildman–Crippen LogP) is 2.71. The van der Waals surface area contributed by atoms with E-state index in [1.54, 1.807) is 0 Å². The van der Waals surface area contributed by atoms with E-state index in [1.807, 2.05) is 0 Å². The second-order valence-electron chi connectivity index (χ2n) is 4.27. The van der Waals surface area contributed by atoms with Crippen molar-refractivity contribution >= 4 is 17.6 Å². The molecule has 0 bridgehead atoms. The zero-order valence-corrected chi connectivity index (χ0v) is 11.4. The van der Waals surface area contributed by atoms with E-state index in [0.717, 1.165) is 25.3 Å². The maximum atomic E-state index is 13.5. The van der Waals surface area contributed by atoms with Crippen molar-refractivity contribution in [1.29, 1.82) is 0 Å². The van der Waals surface area contributed by atoms with Crippen LogP contribution in [-0.4, -0.2) is 24.1 Å². The van der Waals surface area contributed by atoms with Crippen molar-refractivity contribution in [2.45, 2.75) is 0 Å². The van der Waals surface area contributed by atoms with Crippen molar-refractivity contribution in [2.24, 2.45) is 0 Å². The van der Waals surface area contributed by atoms with Crippen LogP contribution in [0.1, 0.15) is 20.7 Å². The molecule has 0 radical (unpaired) electrons. The van der Waals surface area contributed by atoms with E-state index in [0.29, 0.717) is 0 Å². The first-order valence-electron chi connectivity index (χ1n) is 6.10. The number of phenols is 1. The first kappa shape index (κ1) is 15.4. The summed E-state index contributed by atoms with van der Waals surface area (Å²) in [6.07, 6.45) is 0. The molecule has 2 aromatic rings. The monoisotopic (exact) mass is 307 g/mol. The lowest BCUT2D eigenvalue weighted by Crippen LogP contribution is -2.15. The van der Waals surface area contributed by atoms with Gasteiger partial charge in [0.15, 0.2) is 5.75 Å². The fourth-order valence-electron chi connectivity index (χ4n) is 1.78. The molecule has 2 aromatic carbocycles. The molecule has 1 amide bonds. The second-order valence-corrected chi connectivity index (χ2v) is 4.27. The van der Waals surface area contributed by atoms with Crippen LogP contribution in [0, 0.1) is 11.6 Å². The molecule has 0 atom stereocenters. The lowest BCUT2D eigenvalue weighted by molar-refractivity contribution is 0.0597. The van der Waals surface area contributed by atoms with Crippen molar-refractivity contribution < 1.29 is 28.2 Å². The van der Waals surface area contributed by atoms with E-state index in [1.165, 1.54) is 18.2 Å². The third kappa shape index (κ3) is 3.03. The van der Waals surface area contributed by atoms with Gasteiger partial charge in [-0.25, -0.2) is 13.6 Å². The highest BCUT2D eigenvalue weighted by Gasteiger charge is 2.18. The van der Waals surface area contributed by atoms with Gasteiger partial charge >= 0.3 is 5.97 Å². The van der Waals surface area contributed by atoms with Gasteiger partial charge in [-0.3, -0.25) is 4.79 Å². The van der Waals surface area contributed by atoms with Gasteiger partial charge in [0.25, 0.3) is 5.91 Å². The van der Waals surface area contributed by atoms with Gasteiger partial charge in [-0.1, -0.05) is 6.07 Å². The Morgan fingerprint density at radius 1 is 1.14 bits per heavy atom. The van der Waals surface area contributed by atoms with Crippen LogP contribution in [-0.2, 0) is 4.74 Å². The highest BCUT2D eigenvalue weighted by Crippen LogP contribution is 2.28. The Balaban J connectivity index is 2.33. The predicted molar refractivity (Wildman–Crippen MR) is 73.8 cm³/mol. The van der Waals surface area contributed by atoms with E-state index in [2.05, 4.69) is 10.1 Å². The Morgan fingerprint density at radius 3 is 2.55 bits per heavy atom. The number of hydrogen-bond acceptors (Lipinski definition) is 4. The summed E-state index contributed by atoms with van der Waals surface area (Å²) in [6, 6.07) is 6.41. The normalized spacial score (nSPS) is 10.1. The maximum Gasteiger partial charge on any atom is 0.341 e. The summed E-state index contributed by atoms with van der Waals surface area (Å²) in [5.41, 5.74) is -0.820. The van der Waals surface area contributed by atoms with Crippen molar-refractivity contribution in [1.82, 2.24) is 0 Å². The lowest BCUT2D eigenvalue weighted by Gasteiger charge is -2.10. The Morgan fingerprint density at radius 2 is 1.86 bits per heavy atom. The molecule has 0 saturated heterocycles. The van der Waals surface area contributed by atoms with Crippen molar-refractivity contribution in [3.63, 3.8) is 0 Å². The molecule has 0 spiro atoms. The number of carbonyl (C=O) groups is 2. The molecule has 7 heteroatoms. The Labute approximate surface area is 124 Å². The second kappa shape index (κ2) is 6.21. The zero-order chi connectivity index (χ0) is 16.3. The van der Waals surface area contributed by atoms with Gasteiger partial charge in [0.05, 0.1) is 18.4 Å². The number of carbonyl (C=O) groups excluding carboxylic acids is 2. The number of ether oxygens (including phenoxy) is 1. The van der Waals surface area contributed by atoms with E-state index >= 15 is 0 Å². The van der Waals surface area contributed by atoms with Gasteiger partial charge in [0.1, 0.15) is 17.2 Å². The third-order valence-corrected chi connectivity index (χ3v) is 2.86. The number of benzene rings is 2. The van der Waals surface area contributed by atoms with Crippen LogP contribution in [0.2, 0.25) is 0 Å². The van der Waals surface area contributed by atoms with E-state index in [-0.39, 0.29) is 11.3 Å². The minimum atomic E-state index is -0.964. The quantitative estimate of drug-likeness (QED) is 0.675. The minimum Gasteiger partial charge on any atom is -0.505 e. The van der Waals surface area contributed by atoms with Gasteiger partial charge in [-0.2, -0.15) is 0 Å². The summed E-state index contributed by atoms with van der Waals surface area (Å²) in [4.78, 5) is 23.4. The molecule has 2 N–H and O–H groups in total. The molecular formula is C15H11F2NO4. The van der Waals surface area contributed by atoms with Gasteiger partial charge in [0.2, 0.25) is 0 Å². The molecule has 0 aliphatic heterocycles. The number of para-hydroxylation sites is 1. The number of aromatic hydroxyl groups is 1. The van der Waals surface area contributed by atoms with E-state index < -0.39 is 34.8 Å². The van der Waals surface area contributed by atoms with Crippen molar-refractivity contribution in [3.05, 3.63) is 59.2 Å². The van der Waals surface area contributed by atoms with Crippen LogP contribution >= 0.6 is 0 Å². The third-order valence-electron chi connectivity index (χ3n) is 2.86. The van der Waals surface area contributed by atoms with Crippen molar-refractivity contribution in [3.8, 4) is 5.75 Å². The van der Waals surface area contributed by atoms with Gasteiger partial charge in [-0.05, 0) is 30.3 Å². The summed E-state index contributed by atoms with van der Waals surface area (Å²) in [5, 5.41) is 12.1. The topological polar surface area (TPSA) is 75.6 Å². The average Bonchev–Trinajstić information content (AvgIpc) is 2.51. The zero-order valence-electron chi connectivity index (χ0n) is 11.4. The fraction of sp³-hybridized carbons (Fsp3) is 0.0667. The summed E-state index contributed by atoms with van der Waals surface area (Å²) < 4.78 is 31.1. The number of amides is 1. The summed E-state index contributed by atoms with van der Waals surface area (Å²) in [6.45, 7) is 0. The van der Waals surface area contributed by atoms with Gasteiger partial charge in [-0.15, -0.1) is 0 Å². The largest absolute Gasteiger partial charge is 0.505 e. The Hall–Kier alpha value is -2.96. The highest BCUT2D eigenvalue weighted by atomic mass is 19.1. The van der Waals surface area contributed by atoms with Crippen molar-refractivity contribution in [2.75, 3.05) is 12.4 Å². The van der Waals surface area contributed by atoms with E-state index in [4.69, 9.17) is 0 Å². The SMILES string of the molecule is COC(=O)c1cccc(NC(=O)c2cc(F)ccc2F)c1O. The molecular weight excluding hydrogens is 296 g/mol. The van der Waals surface area contributed by atoms with Crippen LogP contribution in [0.5, 0.6) is 5.75 Å². The molecule has 22 heavy (non-hydrogen) atoms. The number of hydrogen-bond donors (Lipinski definition) is 2. The fourth-order valence-corrected chi connectivity index (χ4v) is 1.78. The van der Waals surface area contributed by atoms with Crippen LogP contribution < -0.4 is 5.32 Å². The first-order chi connectivity index (χ1) is 10.4. The van der Waals surface area contributed by atoms with E-state index in [9.17, 15) is 23.5 Å². The molecule has 0 saturated carbocycles. The summed E-state index contributed by atoms with van der Waals surface area (Å²) in [5.74, 6) is -3.99. The number of halogens is 2. The van der Waals surface area contributed by atoms with Crippen LogP contribution in [0.3, 0.4) is 0 Å². The molecule has 0 aromatic heterocycles. The number of esters is 1. The lowest BCUT2D eigenvalue weighted by atomic mass is 10.1. The minimum absolute atomic E-state index is 0.128. The number of methoxy groups -OCH3 is 1. The summed E-state index contributed by atoms with van der Waals surface area (Å²) in [7, 11) is 1.13. The molecule has 0 fully saturated rings. The Kier molecular flexibility index (Phi) is 4.36. The molecule has 114 valence electrons. The number of rotatable bonds is 3. The smallest absolute Gasteiger partial charge is 0.341 e.